The molecule has 0 fully saturated rings. The molecule has 29 heavy (non-hydrogen) atoms. The van der Waals surface area contributed by atoms with Crippen molar-refractivity contribution in [1.82, 2.24) is 14.9 Å². The number of likely N-dealkylation sites (N-methyl/N-ethyl adjacent to an activating group) is 1. The topological polar surface area (TPSA) is 55.7 Å². The van der Waals surface area contributed by atoms with Gasteiger partial charge in [0, 0.05) is 58.1 Å². The molecule has 0 amide bonds. The first-order valence-corrected chi connectivity index (χ1v) is 9.79. The summed E-state index contributed by atoms with van der Waals surface area (Å²) < 4.78 is 0. The van der Waals surface area contributed by atoms with Gasteiger partial charge in [0.2, 0.25) is 0 Å². The molecule has 1 unspecified atom stereocenters. The Balaban J connectivity index is 1.90. The Hall–Kier alpha value is -3.42. The van der Waals surface area contributed by atoms with Crippen molar-refractivity contribution in [3.05, 3.63) is 78.2 Å². The molecule has 4 heteroatoms. The Bertz CT molecular complexity index is 1180. The van der Waals surface area contributed by atoms with Gasteiger partial charge >= 0.3 is 0 Å². The quantitative estimate of drug-likeness (QED) is 0.514. The molecule has 0 radical (unpaired) electrons. The maximum atomic E-state index is 9.40. The highest BCUT2D eigenvalue weighted by Gasteiger charge is 2.18. The molecule has 2 heterocycles. The monoisotopic (exact) mass is 380 g/mol. The van der Waals surface area contributed by atoms with E-state index in [4.69, 9.17) is 0 Å². The van der Waals surface area contributed by atoms with Crippen molar-refractivity contribution in [3.63, 3.8) is 0 Å². The Morgan fingerprint density at radius 3 is 2.48 bits per heavy atom. The van der Waals surface area contributed by atoms with Crippen LogP contribution in [0.5, 0.6) is 0 Å². The van der Waals surface area contributed by atoms with E-state index in [2.05, 4.69) is 60.2 Å². The molecule has 1 atom stereocenters. The largest absolute Gasteiger partial charge is 0.358 e. The molecule has 0 aliphatic heterocycles. The summed E-state index contributed by atoms with van der Waals surface area (Å²) in [4.78, 5) is 10.3. The van der Waals surface area contributed by atoms with Gasteiger partial charge in [0.05, 0.1) is 11.6 Å². The molecule has 1 N–H and O–H groups in total. The van der Waals surface area contributed by atoms with Gasteiger partial charge in [-0.05, 0) is 50.8 Å². The summed E-state index contributed by atoms with van der Waals surface area (Å²) in [6.45, 7) is 2.22. The zero-order valence-corrected chi connectivity index (χ0v) is 17.0. The molecule has 0 aliphatic rings. The van der Waals surface area contributed by atoms with Crippen molar-refractivity contribution in [3.8, 4) is 28.3 Å². The standard InChI is InChI=1S/C25H24N4/c1-17(29(2)3)11-24-25(22-12-18(14-26)9-10-23(22)28-24)21-13-20(15-27-16-21)19-7-5-4-6-8-19/h4-10,12-13,15-17,28H,11H2,1-3H3. The molecule has 0 bridgehead atoms. The van der Waals surface area contributed by atoms with Crippen molar-refractivity contribution in [2.75, 3.05) is 14.1 Å². The van der Waals surface area contributed by atoms with Crippen molar-refractivity contribution in [2.45, 2.75) is 19.4 Å². The zero-order chi connectivity index (χ0) is 20.4. The summed E-state index contributed by atoms with van der Waals surface area (Å²) in [5, 5.41) is 10.5. The van der Waals surface area contributed by atoms with Gasteiger partial charge in [0.1, 0.15) is 0 Å². The lowest BCUT2D eigenvalue weighted by Crippen LogP contribution is -2.26. The van der Waals surface area contributed by atoms with E-state index in [9.17, 15) is 5.26 Å². The van der Waals surface area contributed by atoms with Crippen LogP contribution in [0.15, 0.2) is 67.0 Å². The summed E-state index contributed by atoms with van der Waals surface area (Å²) in [5.41, 5.74) is 7.30. The third-order valence-corrected chi connectivity index (χ3v) is 5.52. The first-order chi connectivity index (χ1) is 14.1. The van der Waals surface area contributed by atoms with Crippen LogP contribution in [0.3, 0.4) is 0 Å². The second-order valence-corrected chi connectivity index (χ2v) is 7.70. The predicted octanol–water partition coefficient (Wildman–Crippen LogP) is 5.26. The number of aromatic amines is 1. The number of H-pyrrole nitrogens is 1. The number of hydrogen-bond acceptors (Lipinski definition) is 3. The molecule has 144 valence electrons. The van der Waals surface area contributed by atoms with Gasteiger partial charge in [-0.25, -0.2) is 0 Å². The Morgan fingerprint density at radius 1 is 1.00 bits per heavy atom. The maximum Gasteiger partial charge on any atom is 0.0991 e. The van der Waals surface area contributed by atoms with Gasteiger partial charge in [0.25, 0.3) is 0 Å². The van der Waals surface area contributed by atoms with E-state index in [1.165, 1.54) is 5.69 Å². The van der Waals surface area contributed by atoms with Crippen LogP contribution in [-0.2, 0) is 6.42 Å². The molecule has 0 saturated heterocycles. The van der Waals surface area contributed by atoms with Gasteiger partial charge < -0.3 is 9.88 Å². The lowest BCUT2D eigenvalue weighted by Gasteiger charge is -2.20. The summed E-state index contributed by atoms with van der Waals surface area (Å²) in [7, 11) is 4.19. The summed E-state index contributed by atoms with van der Waals surface area (Å²) >= 11 is 0. The van der Waals surface area contributed by atoms with Gasteiger partial charge in [-0.15, -0.1) is 0 Å². The van der Waals surface area contributed by atoms with Gasteiger partial charge in [-0.2, -0.15) is 5.26 Å². The van der Waals surface area contributed by atoms with Crippen molar-refractivity contribution in [1.29, 1.82) is 5.26 Å². The minimum Gasteiger partial charge on any atom is -0.358 e. The minimum absolute atomic E-state index is 0.377. The molecule has 4 rings (SSSR count). The SMILES string of the molecule is CC(Cc1[nH]c2ccc(C#N)cc2c1-c1cncc(-c2ccccc2)c1)N(C)C. The fourth-order valence-electron chi connectivity index (χ4n) is 3.64. The molecular formula is C25H24N4. The Morgan fingerprint density at radius 2 is 1.76 bits per heavy atom. The van der Waals surface area contributed by atoms with Crippen molar-refractivity contribution < 1.29 is 0 Å². The normalized spacial score (nSPS) is 12.2. The smallest absolute Gasteiger partial charge is 0.0991 e. The van der Waals surface area contributed by atoms with E-state index in [1.54, 1.807) is 0 Å². The van der Waals surface area contributed by atoms with E-state index in [0.717, 1.165) is 39.6 Å². The van der Waals surface area contributed by atoms with Crippen LogP contribution < -0.4 is 0 Å². The van der Waals surface area contributed by atoms with Crippen LogP contribution >= 0.6 is 0 Å². The third kappa shape index (κ3) is 3.78. The fourth-order valence-corrected chi connectivity index (χ4v) is 3.64. The van der Waals surface area contributed by atoms with Gasteiger partial charge in [-0.1, -0.05) is 30.3 Å². The fraction of sp³-hybridized carbons (Fsp3) is 0.200. The lowest BCUT2D eigenvalue weighted by atomic mass is 9.97. The summed E-state index contributed by atoms with van der Waals surface area (Å²) in [6.07, 6.45) is 4.70. The van der Waals surface area contributed by atoms with Crippen molar-refractivity contribution in [2.24, 2.45) is 0 Å². The molecule has 4 aromatic rings. The molecule has 4 nitrogen and oxygen atoms in total. The van der Waals surface area contributed by atoms with Crippen LogP contribution in [0.4, 0.5) is 0 Å². The number of rotatable bonds is 5. The third-order valence-electron chi connectivity index (χ3n) is 5.52. The molecular weight excluding hydrogens is 356 g/mol. The average molecular weight is 380 g/mol. The number of aromatic nitrogens is 2. The van der Waals surface area contributed by atoms with Gasteiger partial charge in [0.15, 0.2) is 0 Å². The number of pyridine rings is 1. The molecule has 0 saturated carbocycles. The second-order valence-electron chi connectivity index (χ2n) is 7.70. The zero-order valence-electron chi connectivity index (χ0n) is 17.0. The number of hydrogen-bond donors (Lipinski definition) is 1. The lowest BCUT2D eigenvalue weighted by molar-refractivity contribution is 0.311. The van der Waals surface area contributed by atoms with Crippen LogP contribution in [0.25, 0.3) is 33.2 Å². The summed E-state index contributed by atoms with van der Waals surface area (Å²) in [6, 6.07) is 20.9. The highest BCUT2D eigenvalue weighted by molar-refractivity contribution is 5.98. The highest BCUT2D eigenvalue weighted by Crippen LogP contribution is 2.35. The molecule has 2 aromatic carbocycles. The van der Waals surface area contributed by atoms with E-state index >= 15 is 0 Å². The van der Waals surface area contributed by atoms with Crippen LogP contribution in [-0.4, -0.2) is 35.0 Å². The van der Waals surface area contributed by atoms with E-state index in [0.29, 0.717) is 11.6 Å². The van der Waals surface area contributed by atoms with E-state index < -0.39 is 0 Å². The van der Waals surface area contributed by atoms with Crippen LogP contribution in [0, 0.1) is 11.3 Å². The maximum absolute atomic E-state index is 9.40. The highest BCUT2D eigenvalue weighted by atomic mass is 15.1. The van der Waals surface area contributed by atoms with Crippen LogP contribution in [0.1, 0.15) is 18.2 Å². The van der Waals surface area contributed by atoms with Crippen molar-refractivity contribution >= 4 is 10.9 Å². The number of fused-ring (bicyclic) bond motifs is 1. The second kappa shape index (κ2) is 7.90. The minimum atomic E-state index is 0.377. The van der Waals surface area contributed by atoms with E-state index in [1.807, 2.05) is 48.8 Å². The first kappa shape index (κ1) is 18.9. The van der Waals surface area contributed by atoms with Gasteiger partial charge in [-0.3, -0.25) is 4.98 Å². The number of benzene rings is 2. The first-order valence-electron chi connectivity index (χ1n) is 9.79. The molecule has 0 aliphatic carbocycles. The Labute approximate surface area is 171 Å². The molecule has 0 spiro atoms. The van der Waals surface area contributed by atoms with E-state index in [-0.39, 0.29) is 0 Å². The van der Waals surface area contributed by atoms with Crippen LogP contribution in [0.2, 0.25) is 0 Å². The average Bonchev–Trinajstić information content (AvgIpc) is 3.11. The number of nitriles is 1. The molecule has 2 aromatic heterocycles. The number of nitrogens with zero attached hydrogens (tertiary/aromatic N) is 3. The Kier molecular flexibility index (Phi) is 5.16. The number of nitrogens with one attached hydrogen (secondary N) is 1. The predicted molar refractivity (Wildman–Crippen MR) is 119 cm³/mol. The summed E-state index contributed by atoms with van der Waals surface area (Å²) in [5.74, 6) is 0.